The summed E-state index contributed by atoms with van der Waals surface area (Å²) in [6.45, 7) is 4.52. The van der Waals surface area contributed by atoms with Crippen LogP contribution in [0.3, 0.4) is 0 Å². The van der Waals surface area contributed by atoms with Crippen molar-refractivity contribution in [3.05, 3.63) is 59.6 Å². The van der Waals surface area contributed by atoms with Gasteiger partial charge in [0.1, 0.15) is 6.33 Å². The molecule has 6 heteroatoms. The Bertz CT molecular complexity index is 579. The summed E-state index contributed by atoms with van der Waals surface area (Å²) >= 11 is 0. The zero-order chi connectivity index (χ0) is 12.8. The molecule has 2 aromatic heterocycles. The molecular weight excluding hydrogens is 230 g/mol. The molecule has 0 fully saturated rings. The van der Waals surface area contributed by atoms with Gasteiger partial charge >= 0.3 is 5.69 Å². The lowest BCUT2D eigenvalue weighted by Crippen LogP contribution is -2.25. The SMILES string of the molecule is C=CCNc1ncn(Cc2ccncc2)c(=O)n1. The maximum Gasteiger partial charge on any atom is 0.352 e. The maximum absolute atomic E-state index is 11.7. The summed E-state index contributed by atoms with van der Waals surface area (Å²) in [6.07, 6.45) is 6.51. The van der Waals surface area contributed by atoms with Crippen molar-refractivity contribution in [1.82, 2.24) is 19.5 Å². The first-order chi connectivity index (χ1) is 8.79. The van der Waals surface area contributed by atoms with Crippen molar-refractivity contribution in [2.45, 2.75) is 6.54 Å². The molecule has 0 saturated carbocycles. The van der Waals surface area contributed by atoms with Crippen LogP contribution in [-0.4, -0.2) is 26.1 Å². The molecule has 0 saturated heterocycles. The first-order valence-corrected chi connectivity index (χ1v) is 5.47. The zero-order valence-electron chi connectivity index (χ0n) is 9.78. The smallest absolute Gasteiger partial charge is 0.351 e. The van der Waals surface area contributed by atoms with Crippen LogP contribution >= 0.6 is 0 Å². The number of hydrogen-bond donors (Lipinski definition) is 1. The van der Waals surface area contributed by atoms with E-state index in [1.807, 2.05) is 12.1 Å². The second kappa shape index (κ2) is 5.72. The van der Waals surface area contributed by atoms with Crippen LogP contribution in [0.25, 0.3) is 0 Å². The number of aromatic nitrogens is 4. The molecular formula is C12H13N5O. The highest BCUT2D eigenvalue weighted by Gasteiger charge is 2.01. The second-order valence-electron chi connectivity index (χ2n) is 3.62. The molecule has 0 amide bonds. The van der Waals surface area contributed by atoms with E-state index in [1.54, 1.807) is 18.5 Å². The Balaban J connectivity index is 2.15. The van der Waals surface area contributed by atoms with E-state index in [0.29, 0.717) is 19.0 Å². The first-order valence-electron chi connectivity index (χ1n) is 5.47. The number of rotatable bonds is 5. The lowest BCUT2D eigenvalue weighted by Gasteiger charge is -2.05. The van der Waals surface area contributed by atoms with Gasteiger partial charge in [-0.2, -0.15) is 4.98 Å². The Hall–Kier alpha value is -2.50. The van der Waals surface area contributed by atoms with E-state index in [9.17, 15) is 4.79 Å². The second-order valence-corrected chi connectivity index (χ2v) is 3.62. The van der Waals surface area contributed by atoms with Crippen LogP contribution in [0.1, 0.15) is 5.56 Å². The lowest BCUT2D eigenvalue weighted by atomic mass is 10.3. The van der Waals surface area contributed by atoms with Gasteiger partial charge in [0.2, 0.25) is 5.95 Å². The Morgan fingerprint density at radius 1 is 1.39 bits per heavy atom. The van der Waals surface area contributed by atoms with Crippen LogP contribution in [0, 0.1) is 0 Å². The van der Waals surface area contributed by atoms with E-state index in [4.69, 9.17) is 0 Å². The van der Waals surface area contributed by atoms with Crippen LogP contribution < -0.4 is 11.0 Å². The summed E-state index contributed by atoms with van der Waals surface area (Å²) in [7, 11) is 0. The van der Waals surface area contributed by atoms with Crippen molar-refractivity contribution in [2.75, 3.05) is 11.9 Å². The highest BCUT2D eigenvalue weighted by Crippen LogP contribution is 1.98. The molecule has 2 aromatic rings. The average Bonchev–Trinajstić information content (AvgIpc) is 2.40. The fourth-order valence-electron chi connectivity index (χ4n) is 1.40. The Morgan fingerprint density at radius 2 is 2.17 bits per heavy atom. The molecule has 0 atom stereocenters. The lowest BCUT2D eigenvalue weighted by molar-refractivity contribution is 0.701. The molecule has 6 nitrogen and oxygen atoms in total. The van der Waals surface area contributed by atoms with Crippen molar-refractivity contribution in [3.63, 3.8) is 0 Å². The van der Waals surface area contributed by atoms with E-state index < -0.39 is 0 Å². The number of nitrogens with zero attached hydrogens (tertiary/aromatic N) is 4. The Morgan fingerprint density at radius 3 is 2.83 bits per heavy atom. The van der Waals surface area contributed by atoms with Gasteiger partial charge in [-0.25, -0.2) is 9.78 Å². The van der Waals surface area contributed by atoms with Crippen molar-refractivity contribution >= 4 is 5.95 Å². The maximum atomic E-state index is 11.7. The van der Waals surface area contributed by atoms with E-state index in [2.05, 4.69) is 26.8 Å². The summed E-state index contributed by atoms with van der Waals surface area (Å²) in [5, 5.41) is 2.86. The third-order valence-electron chi connectivity index (χ3n) is 2.27. The predicted molar refractivity (Wildman–Crippen MR) is 68.3 cm³/mol. The van der Waals surface area contributed by atoms with E-state index >= 15 is 0 Å². The highest BCUT2D eigenvalue weighted by atomic mass is 16.1. The van der Waals surface area contributed by atoms with Crippen LogP contribution in [0.2, 0.25) is 0 Å². The minimum absolute atomic E-state index is 0.311. The quantitative estimate of drug-likeness (QED) is 0.782. The van der Waals surface area contributed by atoms with E-state index in [1.165, 1.54) is 10.9 Å². The predicted octanol–water partition coefficient (Wildman–Crippen LogP) is 0.679. The van der Waals surface area contributed by atoms with Crippen LogP contribution in [0.4, 0.5) is 5.95 Å². The molecule has 92 valence electrons. The van der Waals surface area contributed by atoms with Gasteiger partial charge in [-0.1, -0.05) is 6.08 Å². The molecule has 0 aromatic carbocycles. The standard InChI is InChI=1S/C12H13N5O/c1-2-5-14-11-15-9-17(12(18)16-11)8-10-3-6-13-7-4-10/h2-4,6-7,9H,1,5,8H2,(H,14,16,18). The number of hydrogen-bond acceptors (Lipinski definition) is 5. The fourth-order valence-corrected chi connectivity index (χ4v) is 1.40. The summed E-state index contributed by atoms with van der Waals surface area (Å²) in [6, 6.07) is 3.69. The molecule has 1 N–H and O–H groups in total. The summed E-state index contributed by atoms with van der Waals surface area (Å²) in [5.41, 5.74) is 0.635. The van der Waals surface area contributed by atoms with Crippen LogP contribution in [0.15, 0.2) is 48.3 Å². The van der Waals surface area contributed by atoms with Gasteiger partial charge < -0.3 is 5.32 Å². The summed E-state index contributed by atoms with van der Waals surface area (Å²) < 4.78 is 1.44. The van der Waals surface area contributed by atoms with Crippen LogP contribution in [-0.2, 0) is 6.54 Å². The first kappa shape index (κ1) is 12.0. The van der Waals surface area contributed by atoms with Gasteiger partial charge in [-0.3, -0.25) is 9.55 Å². The van der Waals surface area contributed by atoms with E-state index in [-0.39, 0.29) is 5.69 Å². The Kier molecular flexibility index (Phi) is 3.80. The monoisotopic (exact) mass is 243 g/mol. The van der Waals surface area contributed by atoms with E-state index in [0.717, 1.165) is 5.56 Å². The van der Waals surface area contributed by atoms with Crippen molar-refractivity contribution < 1.29 is 0 Å². The molecule has 2 rings (SSSR count). The van der Waals surface area contributed by atoms with Crippen LogP contribution in [0.5, 0.6) is 0 Å². The normalized spacial score (nSPS) is 10.0. The largest absolute Gasteiger partial charge is 0.352 e. The van der Waals surface area contributed by atoms with Crippen molar-refractivity contribution in [1.29, 1.82) is 0 Å². The van der Waals surface area contributed by atoms with Gasteiger partial charge in [0.15, 0.2) is 0 Å². The number of anilines is 1. The topological polar surface area (TPSA) is 72.7 Å². The molecule has 18 heavy (non-hydrogen) atoms. The number of pyridine rings is 1. The highest BCUT2D eigenvalue weighted by molar-refractivity contribution is 5.22. The van der Waals surface area contributed by atoms with Crippen molar-refractivity contribution in [3.8, 4) is 0 Å². The third kappa shape index (κ3) is 3.00. The average molecular weight is 243 g/mol. The summed E-state index contributed by atoms with van der Waals surface area (Å²) in [4.78, 5) is 23.5. The molecule has 0 spiro atoms. The minimum Gasteiger partial charge on any atom is -0.351 e. The fraction of sp³-hybridized carbons (Fsp3) is 0.167. The van der Waals surface area contributed by atoms with Crippen molar-refractivity contribution in [2.24, 2.45) is 0 Å². The third-order valence-corrected chi connectivity index (χ3v) is 2.27. The van der Waals surface area contributed by atoms with Gasteiger partial charge in [0, 0.05) is 18.9 Å². The molecule has 0 aliphatic carbocycles. The minimum atomic E-state index is -0.339. The van der Waals surface area contributed by atoms with Gasteiger partial charge in [0.25, 0.3) is 0 Å². The molecule has 0 bridgehead atoms. The molecule has 0 aliphatic heterocycles. The van der Waals surface area contributed by atoms with Gasteiger partial charge in [-0.15, -0.1) is 6.58 Å². The molecule has 0 aliphatic rings. The molecule has 2 heterocycles. The Labute approximate surface area is 104 Å². The molecule has 0 radical (unpaired) electrons. The number of nitrogens with one attached hydrogen (secondary N) is 1. The zero-order valence-corrected chi connectivity index (χ0v) is 9.78. The summed E-state index contributed by atoms with van der Waals surface area (Å²) in [5.74, 6) is 0.311. The molecule has 0 unspecified atom stereocenters. The van der Waals surface area contributed by atoms with Gasteiger partial charge in [0.05, 0.1) is 6.54 Å². The van der Waals surface area contributed by atoms with Gasteiger partial charge in [-0.05, 0) is 17.7 Å².